The Labute approximate surface area is 187 Å². The molecule has 0 radical (unpaired) electrons. The fraction of sp³-hybridized carbons (Fsp3) is 0.524. The van der Waals surface area contributed by atoms with Crippen LogP contribution in [0.4, 0.5) is 17.6 Å². The Morgan fingerprint density at radius 1 is 1.15 bits per heavy atom. The van der Waals surface area contributed by atoms with Gasteiger partial charge in [0.1, 0.15) is 6.54 Å². The lowest BCUT2D eigenvalue weighted by Gasteiger charge is -2.15. The smallest absolute Gasteiger partial charge is 0.391 e. The zero-order chi connectivity index (χ0) is 24.0. The molecule has 0 bridgehead atoms. The van der Waals surface area contributed by atoms with Gasteiger partial charge in [0, 0.05) is 18.7 Å². The number of carbonyl (C=O) groups is 2. The number of rotatable bonds is 9. The third kappa shape index (κ3) is 6.50. The third-order valence-electron chi connectivity index (χ3n) is 5.29. The number of hydrogen-bond acceptors (Lipinski definition) is 5. The van der Waals surface area contributed by atoms with Crippen molar-refractivity contribution in [2.24, 2.45) is 0 Å². The summed E-state index contributed by atoms with van der Waals surface area (Å²) in [5, 5.41) is 19.6. The number of hydrogen-bond donors (Lipinski definition) is 2. The number of aromatic nitrogens is 3. The number of halogens is 4. The number of alkyl halides is 4. The molecule has 1 aromatic heterocycles. The minimum absolute atomic E-state index is 0.0370. The van der Waals surface area contributed by atoms with E-state index in [-0.39, 0.29) is 23.7 Å². The van der Waals surface area contributed by atoms with E-state index in [0.717, 1.165) is 0 Å². The van der Waals surface area contributed by atoms with E-state index in [2.05, 4.69) is 10.3 Å². The Kier molecular flexibility index (Phi) is 8.01. The highest BCUT2D eigenvalue weighted by Gasteiger charge is 2.30. The lowest BCUT2D eigenvalue weighted by Crippen LogP contribution is -2.33. The van der Waals surface area contributed by atoms with E-state index in [1.54, 1.807) is 5.32 Å². The van der Waals surface area contributed by atoms with Gasteiger partial charge in [0.15, 0.2) is 5.69 Å². The van der Waals surface area contributed by atoms with E-state index in [1.165, 1.54) is 33.8 Å². The molecule has 1 aliphatic heterocycles. The summed E-state index contributed by atoms with van der Waals surface area (Å²) in [5.74, 6) is -1.23. The van der Waals surface area contributed by atoms with Gasteiger partial charge in [0.05, 0.1) is 24.2 Å². The summed E-state index contributed by atoms with van der Waals surface area (Å²) in [6, 6.07) is 5.70. The fourth-order valence-electron chi connectivity index (χ4n) is 3.58. The van der Waals surface area contributed by atoms with Crippen LogP contribution in [0.5, 0.6) is 0 Å². The number of likely N-dealkylation sites (tertiary alicyclic amines) is 1. The predicted octanol–water partition coefficient (Wildman–Crippen LogP) is 2.45. The van der Waals surface area contributed by atoms with Crippen molar-refractivity contribution in [3.63, 3.8) is 0 Å². The van der Waals surface area contributed by atoms with Gasteiger partial charge in [-0.05, 0) is 49.9 Å². The Bertz CT molecular complexity index is 962. The Balaban J connectivity index is 1.81. The number of aliphatic hydroxyl groups excluding tert-OH is 1. The summed E-state index contributed by atoms with van der Waals surface area (Å²) in [6.45, 7) is -1.27. The van der Waals surface area contributed by atoms with Crippen molar-refractivity contribution in [2.75, 3.05) is 26.3 Å². The molecule has 1 saturated heterocycles. The van der Waals surface area contributed by atoms with Crippen molar-refractivity contribution >= 4 is 11.8 Å². The first kappa shape index (κ1) is 24.6. The summed E-state index contributed by atoms with van der Waals surface area (Å²) >= 11 is 0. The van der Waals surface area contributed by atoms with E-state index in [1.807, 2.05) is 0 Å². The Hall–Kier alpha value is -3.02. The number of nitrogens with one attached hydrogen (secondary N) is 1. The summed E-state index contributed by atoms with van der Waals surface area (Å²) in [7, 11) is 0. The molecule has 12 heteroatoms. The molecule has 1 aliphatic rings. The zero-order valence-electron chi connectivity index (χ0n) is 17.8. The number of benzene rings is 1. The van der Waals surface area contributed by atoms with Crippen molar-refractivity contribution in [3.05, 3.63) is 41.2 Å². The van der Waals surface area contributed by atoms with Gasteiger partial charge in [-0.25, -0.2) is 4.68 Å². The van der Waals surface area contributed by atoms with Crippen molar-refractivity contribution in [3.8, 4) is 5.69 Å². The number of amides is 2. The van der Waals surface area contributed by atoms with E-state index < -0.39 is 31.4 Å². The highest BCUT2D eigenvalue weighted by Crippen LogP contribution is 2.21. The quantitative estimate of drug-likeness (QED) is 0.432. The second kappa shape index (κ2) is 10.7. The minimum atomic E-state index is -4.51. The average molecular weight is 471 g/mol. The Morgan fingerprint density at radius 3 is 2.48 bits per heavy atom. The van der Waals surface area contributed by atoms with Gasteiger partial charge in [-0.15, -0.1) is 5.10 Å². The van der Waals surface area contributed by atoms with E-state index in [0.29, 0.717) is 50.0 Å². The molecule has 8 nitrogen and oxygen atoms in total. The van der Waals surface area contributed by atoms with Gasteiger partial charge in [0.2, 0.25) is 0 Å². The maximum Gasteiger partial charge on any atom is 0.405 e. The van der Waals surface area contributed by atoms with Crippen molar-refractivity contribution < 1.29 is 32.3 Å². The molecule has 3 rings (SSSR count). The standard InChI is InChI=1S/C21H25F4N5O3/c22-10-3-1-2-4-17-18(20(33)29-11-9-16(31)12-29)27-28-30(17)15-7-5-14(6-8-15)19(32)26-13-21(23,24)25/h5-8,16,31H,1-4,9-13H2,(H,26,32). The number of carbonyl (C=O) groups excluding carboxylic acids is 2. The van der Waals surface area contributed by atoms with Crippen LogP contribution in [-0.2, 0) is 6.42 Å². The van der Waals surface area contributed by atoms with Gasteiger partial charge in [-0.3, -0.25) is 14.0 Å². The maximum atomic E-state index is 12.9. The van der Waals surface area contributed by atoms with Crippen LogP contribution in [0, 0.1) is 0 Å². The highest BCUT2D eigenvalue weighted by molar-refractivity contribution is 5.95. The van der Waals surface area contributed by atoms with E-state index in [4.69, 9.17) is 0 Å². The fourth-order valence-corrected chi connectivity index (χ4v) is 3.58. The van der Waals surface area contributed by atoms with Gasteiger partial charge in [0.25, 0.3) is 11.8 Å². The van der Waals surface area contributed by atoms with Crippen LogP contribution in [0.1, 0.15) is 52.2 Å². The molecule has 2 amide bonds. The lowest BCUT2D eigenvalue weighted by atomic mass is 10.1. The lowest BCUT2D eigenvalue weighted by molar-refractivity contribution is -0.123. The van der Waals surface area contributed by atoms with Crippen LogP contribution in [0.15, 0.2) is 24.3 Å². The minimum Gasteiger partial charge on any atom is -0.391 e. The molecule has 0 spiro atoms. The summed E-state index contributed by atoms with van der Waals surface area (Å²) < 4.78 is 50.8. The van der Waals surface area contributed by atoms with Gasteiger partial charge >= 0.3 is 6.18 Å². The number of nitrogens with zero attached hydrogens (tertiary/aromatic N) is 4. The summed E-state index contributed by atoms with van der Waals surface area (Å²) in [5.41, 5.74) is 1.15. The van der Waals surface area contributed by atoms with E-state index in [9.17, 15) is 32.3 Å². The number of unbranched alkanes of at least 4 members (excludes halogenated alkanes) is 2. The van der Waals surface area contributed by atoms with Crippen molar-refractivity contribution in [1.82, 2.24) is 25.2 Å². The first-order valence-corrected chi connectivity index (χ1v) is 10.6. The molecule has 33 heavy (non-hydrogen) atoms. The van der Waals surface area contributed by atoms with Gasteiger partial charge in [-0.1, -0.05) is 11.6 Å². The van der Waals surface area contributed by atoms with Crippen LogP contribution < -0.4 is 5.32 Å². The number of β-amino-alcohol motifs (C(OH)–C–C–N with tert-alkyl or cyclic N) is 1. The van der Waals surface area contributed by atoms with Crippen LogP contribution in [0.2, 0.25) is 0 Å². The number of aliphatic hydroxyl groups is 1. The summed E-state index contributed by atoms with van der Waals surface area (Å²) in [6.07, 6.45) is -2.63. The highest BCUT2D eigenvalue weighted by atomic mass is 19.4. The molecule has 1 aromatic carbocycles. The molecule has 0 aliphatic carbocycles. The van der Waals surface area contributed by atoms with Gasteiger partial charge < -0.3 is 15.3 Å². The van der Waals surface area contributed by atoms with Crippen molar-refractivity contribution in [1.29, 1.82) is 0 Å². The van der Waals surface area contributed by atoms with Crippen LogP contribution in [-0.4, -0.2) is 75.4 Å². The van der Waals surface area contributed by atoms with Crippen LogP contribution in [0.3, 0.4) is 0 Å². The van der Waals surface area contributed by atoms with Gasteiger partial charge in [-0.2, -0.15) is 13.2 Å². The predicted molar refractivity (Wildman–Crippen MR) is 110 cm³/mol. The molecular weight excluding hydrogens is 446 g/mol. The molecule has 1 atom stereocenters. The topological polar surface area (TPSA) is 100 Å². The molecule has 2 aromatic rings. The van der Waals surface area contributed by atoms with Crippen molar-refractivity contribution in [2.45, 2.75) is 44.4 Å². The normalized spacial score (nSPS) is 16.3. The molecule has 180 valence electrons. The van der Waals surface area contributed by atoms with E-state index >= 15 is 0 Å². The maximum absolute atomic E-state index is 12.9. The molecule has 1 fully saturated rings. The molecule has 2 N–H and O–H groups in total. The third-order valence-corrected chi connectivity index (χ3v) is 5.29. The van der Waals surface area contributed by atoms with Crippen LogP contribution in [0.25, 0.3) is 5.69 Å². The van der Waals surface area contributed by atoms with Crippen LogP contribution >= 0.6 is 0 Å². The SMILES string of the molecule is O=C(NCC(F)(F)F)c1ccc(-n2nnc(C(=O)N3CCC(O)C3)c2CCCCCF)cc1. The average Bonchev–Trinajstić information content (AvgIpc) is 3.40. The molecular formula is C21H25F4N5O3. The molecule has 0 saturated carbocycles. The second-order valence-electron chi connectivity index (χ2n) is 7.83. The monoisotopic (exact) mass is 471 g/mol. The second-order valence-corrected chi connectivity index (χ2v) is 7.83. The largest absolute Gasteiger partial charge is 0.405 e. The molecule has 2 heterocycles. The Morgan fingerprint density at radius 2 is 1.88 bits per heavy atom. The molecule has 1 unspecified atom stereocenters. The first-order valence-electron chi connectivity index (χ1n) is 10.6. The first-order chi connectivity index (χ1) is 15.7. The summed E-state index contributed by atoms with van der Waals surface area (Å²) in [4.78, 5) is 26.4. The zero-order valence-corrected chi connectivity index (χ0v) is 17.8.